The highest BCUT2D eigenvalue weighted by Crippen LogP contribution is 2.58. The maximum atomic E-state index is 12.5. The molecule has 4 heteroatoms. The van der Waals surface area contributed by atoms with Gasteiger partial charge in [-0.1, -0.05) is 13.8 Å². The smallest absolute Gasteiger partial charge is 0.318 e. The van der Waals surface area contributed by atoms with E-state index in [1.165, 1.54) is 12.8 Å². The molecule has 0 spiro atoms. The molecule has 4 nitrogen and oxygen atoms in total. The molecular formula is C17H28N2O2. The maximum absolute atomic E-state index is 12.5. The van der Waals surface area contributed by atoms with Crippen molar-refractivity contribution >= 4 is 6.03 Å². The lowest BCUT2D eigenvalue weighted by atomic mass is 9.51. The molecule has 0 aromatic rings. The Morgan fingerprint density at radius 1 is 1.24 bits per heavy atom. The molecule has 2 amide bonds. The third-order valence-electron chi connectivity index (χ3n) is 7.10. The predicted molar refractivity (Wildman–Crippen MR) is 80.8 cm³/mol. The van der Waals surface area contributed by atoms with Crippen molar-refractivity contribution < 1.29 is 9.90 Å². The Hall–Kier alpha value is -0.770. The van der Waals surface area contributed by atoms with Gasteiger partial charge in [-0.25, -0.2) is 4.79 Å². The van der Waals surface area contributed by atoms with Crippen LogP contribution in [0.1, 0.15) is 52.9 Å². The van der Waals surface area contributed by atoms with Crippen molar-refractivity contribution in [3.05, 3.63) is 0 Å². The Labute approximate surface area is 127 Å². The van der Waals surface area contributed by atoms with Crippen LogP contribution < -0.4 is 5.32 Å². The summed E-state index contributed by atoms with van der Waals surface area (Å²) in [5, 5.41) is 13.8. The second-order valence-corrected chi connectivity index (χ2v) is 8.73. The van der Waals surface area contributed by atoms with Crippen LogP contribution in [0.15, 0.2) is 0 Å². The van der Waals surface area contributed by atoms with Crippen LogP contribution in [0.4, 0.5) is 4.79 Å². The van der Waals surface area contributed by atoms with E-state index in [4.69, 9.17) is 0 Å². The van der Waals surface area contributed by atoms with Crippen molar-refractivity contribution in [1.29, 1.82) is 0 Å². The highest BCUT2D eigenvalue weighted by Gasteiger charge is 2.60. The van der Waals surface area contributed by atoms with Crippen molar-refractivity contribution in [1.82, 2.24) is 10.2 Å². The van der Waals surface area contributed by atoms with E-state index in [2.05, 4.69) is 31.0 Å². The summed E-state index contributed by atoms with van der Waals surface area (Å²) in [5.74, 6) is 2.14. The van der Waals surface area contributed by atoms with E-state index in [-0.39, 0.29) is 11.6 Å². The number of nitrogens with one attached hydrogen (secondary N) is 1. The van der Waals surface area contributed by atoms with Crippen LogP contribution >= 0.6 is 0 Å². The van der Waals surface area contributed by atoms with Crippen LogP contribution in [0.3, 0.4) is 0 Å². The summed E-state index contributed by atoms with van der Waals surface area (Å²) in [6, 6.07) is 0.465. The highest BCUT2D eigenvalue weighted by molar-refractivity contribution is 5.78. The van der Waals surface area contributed by atoms with Crippen LogP contribution in [-0.4, -0.2) is 39.8 Å². The van der Waals surface area contributed by atoms with Crippen molar-refractivity contribution in [2.75, 3.05) is 6.54 Å². The number of hydrogen-bond acceptors (Lipinski definition) is 2. The zero-order valence-corrected chi connectivity index (χ0v) is 13.4. The molecule has 1 heterocycles. The fourth-order valence-corrected chi connectivity index (χ4v) is 5.99. The zero-order chi connectivity index (χ0) is 15.0. The molecule has 0 aromatic carbocycles. The lowest BCUT2D eigenvalue weighted by Crippen LogP contribution is -2.66. The van der Waals surface area contributed by atoms with Gasteiger partial charge in [-0.15, -0.1) is 0 Å². The van der Waals surface area contributed by atoms with Crippen LogP contribution in [0, 0.1) is 23.7 Å². The number of nitrogens with zero attached hydrogens (tertiary/aromatic N) is 1. The molecule has 0 radical (unpaired) electrons. The topological polar surface area (TPSA) is 52.6 Å². The Morgan fingerprint density at radius 3 is 2.38 bits per heavy atom. The Morgan fingerprint density at radius 2 is 1.86 bits per heavy atom. The fraction of sp³-hybridized carbons (Fsp3) is 0.941. The van der Waals surface area contributed by atoms with Gasteiger partial charge in [0.25, 0.3) is 0 Å². The van der Waals surface area contributed by atoms with Crippen molar-refractivity contribution in [3.8, 4) is 0 Å². The average Bonchev–Trinajstić information content (AvgIpc) is 2.66. The summed E-state index contributed by atoms with van der Waals surface area (Å²) in [6.07, 6.45) is 5.23. The number of amides is 2. The number of urea groups is 1. The zero-order valence-electron chi connectivity index (χ0n) is 13.4. The van der Waals surface area contributed by atoms with Gasteiger partial charge in [0.05, 0.1) is 11.1 Å². The first-order valence-electron chi connectivity index (χ1n) is 8.62. The Bertz CT molecular complexity index is 461. The first-order chi connectivity index (χ1) is 9.82. The molecule has 3 atom stereocenters. The van der Waals surface area contributed by atoms with Crippen molar-refractivity contribution in [3.63, 3.8) is 0 Å². The Balaban J connectivity index is 1.69. The van der Waals surface area contributed by atoms with Gasteiger partial charge in [-0.2, -0.15) is 0 Å². The van der Waals surface area contributed by atoms with E-state index in [1.807, 2.05) is 0 Å². The normalized spacial score (nSPS) is 51.9. The summed E-state index contributed by atoms with van der Waals surface area (Å²) in [5.41, 5.74) is -0.503. The molecule has 21 heavy (non-hydrogen) atoms. The summed E-state index contributed by atoms with van der Waals surface area (Å²) < 4.78 is 0. The van der Waals surface area contributed by atoms with Gasteiger partial charge in [0.15, 0.2) is 0 Å². The van der Waals surface area contributed by atoms with Crippen LogP contribution in [0.25, 0.3) is 0 Å². The molecule has 4 saturated carbocycles. The summed E-state index contributed by atoms with van der Waals surface area (Å²) in [6.45, 7) is 7.43. The monoisotopic (exact) mass is 292 g/mol. The average molecular weight is 292 g/mol. The number of carbonyl (C=O) groups excluding carboxylic acids is 1. The van der Waals surface area contributed by atoms with E-state index in [9.17, 15) is 9.90 Å². The number of rotatable bonds is 2. The third kappa shape index (κ3) is 1.81. The molecule has 5 aliphatic rings. The first-order valence-corrected chi connectivity index (χ1v) is 8.62. The molecule has 1 saturated heterocycles. The first kappa shape index (κ1) is 13.9. The number of aliphatic hydroxyl groups is 1. The minimum Gasteiger partial charge on any atom is -0.390 e. The molecule has 118 valence electrons. The largest absolute Gasteiger partial charge is 0.390 e. The lowest BCUT2D eigenvalue weighted by molar-refractivity contribution is -0.162. The fourth-order valence-electron chi connectivity index (χ4n) is 5.99. The highest BCUT2D eigenvalue weighted by atomic mass is 16.3. The van der Waals surface area contributed by atoms with Crippen LogP contribution in [-0.2, 0) is 0 Å². The van der Waals surface area contributed by atoms with E-state index in [1.54, 1.807) is 0 Å². The van der Waals surface area contributed by atoms with Gasteiger partial charge in [-0.05, 0) is 62.7 Å². The standard InChI is InChI=1S/C17H28N2O2/c1-10(2)16(3)9-18-15(20)19(16)14-12-4-11-5-13(14)8-17(21,6-11)7-12/h10-14,21H,4-9H2,1-3H3,(H,18,20). The van der Waals surface area contributed by atoms with Crippen molar-refractivity contribution in [2.24, 2.45) is 23.7 Å². The molecule has 1 aliphatic heterocycles. The van der Waals surface area contributed by atoms with Crippen LogP contribution in [0.5, 0.6) is 0 Å². The van der Waals surface area contributed by atoms with Crippen molar-refractivity contribution in [2.45, 2.75) is 70.1 Å². The molecule has 0 aromatic heterocycles. The predicted octanol–water partition coefficient (Wildman–Crippen LogP) is 2.37. The SMILES string of the molecule is CC(C)C1(C)CNC(=O)N1C1C2CC3CC1CC(O)(C3)C2. The van der Waals surface area contributed by atoms with E-state index in [0.717, 1.165) is 25.8 Å². The molecule has 4 bridgehead atoms. The number of carbonyl (C=O) groups is 1. The second kappa shape index (κ2) is 4.15. The van der Waals surface area contributed by atoms with Gasteiger partial charge in [0.2, 0.25) is 0 Å². The van der Waals surface area contributed by atoms with E-state index in [0.29, 0.717) is 29.7 Å². The molecule has 5 fully saturated rings. The lowest BCUT2D eigenvalue weighted by Gasteiger charge is -2.61. The third-order valence-corrected chi connectivity index (χ3v) is 7.10. The molecule has 2 N–H and O–H groups in total. The van der Waals surface area contributed by atoms with E-state index < -0.39 is 5.60 Å². The summed E-state index contributed by atoms with van der Waals surface area (Å²) in [7, 11) is 0. The molecule has 3 unspecified atom stereocenters. The molecular weight excluding hydrogens is 264 g/mol. The maximum Gasteiger partial charge on any atom is 0.318 e. The summed E-state index contributed by atoms with van der Waals surface area (Å²) >= 11 is 0. The molecule has 4 aliphatic carbocycles. The molecule has 5 rings (SSSR count). The summed E-state index contributed by atoms with van der Waals surface area (Å²) in [4.78, 5) is 14.7. The quantitative estimate of drug-likeness (QED) is 0.821. The van der Waals surface area contributed by atoms with Gasteiger partial charge in [0, 0.05) is 12.6 Å². The van der Waals surface area contributed by atoms with Gasteiger partial charge in [-0.3, -0.25) is 0 Å². The minimum atomic E-state index is -0.419. The number of hydrogen-bond donors (Lipinski definition) is 2. The van der Waals surface area contributed by atoms with Gasteiger partial charge in [0.1, 0.15) is 0 Å². The van der Waals surface area contributed by atoms with Gasteiger partial charge < -0.3 is 15.3 Å². The Kier molecular flexibility index (Phi) is 2.74. The second-order valence-electron chi connectivity index (χ2n) is 8.73. The van der Waals surface area contributed by atoms with Crippen LogP contribution in [0.2, 0.25) is 0 Å². The minimum absolute atomic E-state index is 0.0836. The van der Waals surface area contributed by atoms with Gasteiger partial charge >= 0.3 is 6.03 Å². The van der Waals surface area contributed by atoms with E-state index >= 15 is 0 Å².